The first-order valence-corrected chi connectivity index (χ1v) is 10.7. The number of benzene rings is 2. The third-order valence-electron chi connectivity index (χ3n) is 5.97. The molecule has 1 unspecified atom stereocenters. The number of carbonyl (C=O) groups is 1. The van der Waals surface area contributed by atoms with Crippen molar-refractivity contribution in [1.82, 2.24) is 24.7 Å². The van der Waals surface area contributed by atoms with Crippen molar-refractivity contribution in [2.24, 2.45) is 7.05 Å². The second kappa shape index (κ2) is 8.04. The van der Waals surface area contributed by atoms with E-state index in [-0.39, 0.29) is 17.5 Å². The molecule has 0 bridgehead atoms. The SMILES string of the molecule is Cn1cnc(CN2C(=O)C(C)(Cc3cncnc3)c3cc(-c4ccc(F)c(Cl)c4)ccc32)n1. The summed E-state index contributed by atoms with van der Waals surface area (Å²) in [6.07, 6.45) is 6.94. The first-order chi connectivity index (χ1) is 15.8. The van der Waals surface area contributed by atoms with E-state index < -0.39 is 11.2 Å². The third kappa shape index (κ3) is 3.76. The van der Waals surface area contributed by atoms with Crippen molar-refractivity contribution in [3.63, 3.8) is 0 Å². The van der Waals surface area contributed by atoms with Gasteiger partial charge >= 0.3 is 0 Å². The maximum atomic E-state index is 13.8. The summed E-state index contributed by atoms with van der Waals surface area (Å²) in [5.74, 6) is 0.0290. The molecule has 0 aliphatic carbocycles. The number of amides is 1. The minimum absolute atomic E-state index is 0.0520. The van der Waals surface area contributed by atoms with Crippen LogP contribution in [0.3, 0.4) is 0 Å². The summed E-state index contributed by atoms with van der Waals surface area (Å²) in [5, 5.41) is 4.39. The maximum absolute atomic E-state index is 13.8. The molecular formula is C24H20ClFN6O. The Labute approximate surface area is 194 Å². The van der Waals surface area contributed by atoms with Crippen molar-refractivity contribution >= 4 is 23.2 Å². The molecule has 0 radical (unpaired) electrons. The van der Waals surface area contributed by atoms with Gasteiger partial charge in [0.2, 0.25) is 5.91 Å². The van der Waals surface area contributed by atoms with Crippen molar-refractivity contribution < 1.29 is 9.18 Å². The van der Waals surface area contributed by atoms with E-state index >= 15 is 0 Å². The fourth-order valence-corrected chi connectivity index (χ4v) is 4.53. The van der Waals surface area contributed by atoms with Gasteiger partial charge < -0.3 is 4.90 Å². The van der Waals surface area contributed by atoms with Crippen molar-refractivity contribution in [1.29, 1.82) is 0 Å². The molecule has 9 heteroatoms. The topological polar surface area (TPSA) is 76.8 Å². The molecule has 0 N–H and O–H groups in total. The lowest BCUT2D eigenvalue weighted by atomic mass is 9.78. The number of anilines is 1. The Morgan fingerprint density at radius 3 is 2.52 bits per heavy atom. The van der Waals surface area contributed by atoms with Crippen LogP contribution < -0.4 is 4.90 Å². The second-order valence-corrected chi connectivity index (χ2v) is 8.75. The Balaban J connectivity index is 1.61. The van der Waals surface area contributed by atoms with Crippen molar-refractivity contribution in [2.45, 2.75) is 25.3 Å². The molecule has 1 aliphatic heterocycles. The number of nitrogens with zero attached hydrogens (tertiary/aromatic N) is 6. The van der Waals surface area contributed by atoms with E-state index in [9.17, 15) is 9.18 Å². The van der Waals surface area contributed by atoms with Crippen LogP contribution in [0.5, 0.6) is 0 Å². The van der Waals surface area contributed by atoms with Crippen molar-refractivity contribution in [3.8, 4) is 11.1 Å². The summed E-state index contributed by atoms with van der Waals surface area (Å²) < 4.78 is 15.3. The lowest BCUT2D eigenvalue weighted by Gasteiger charge is -2.24. The molecular weight excluding hydrogens is 443 g/mol. The van der Waals surface area contributed by atoms with Crippen LogP contribution in [0, 0.1) is 5.82 Å². The standard InChI is InChI=1S/C24H20ClFN6O/c1-24(9-15-10-27-13-28-11-15)18-7-16(17-3-5-20(26)19(25)8-17)4-6-21(18)32(23(24)33)12-22-29-14-31(2)30-22/h3-8,10-11,13-14H,9,12H2,1-2H3. The lowest BCUT2D eigenvalue weighted by Crippen LogP contribution is -2.39. The van der Waals surface area contributed by atoms with Gasteiger partial charge in [-0.15, -0.1) is 0 Å². The van der Waals surface area contributed by atoms with E-state index in [4.69, 9.17) is 11.6 Å². The highest BCUT2D eigenvalue weighted by atomic mass is 35.5. The van der Waals surface area contributed by atoms with Gasteiger partial charge in [0.05, 0.1) is 17.0 Å². The van der Waals surface area contributed by atoms with E-state index in [1.54, 1.807) is 47.5 Å². The van der Waals surface area contributed by atoms with Crippen molar-refractivity contribution in [2.75, 3.05) is 4.90 Å². The van der Waals surface area contributed by atoms with Gasteiger partial charge in [0, 0.05) is 25.1 Å². The number of carbonyl (C=O) groups excluding carboxylic acids is 1. The first kappa shape index (κ1) is 21.2. The number of aromatic nitrogens is 5. The van der Waals surface area contributed by atoms with Crippen LogP contribution in [-0.4, -0.2) is 30.6 Å². The minimum Gasteiger partial charge on any atom is -0.304 e. The number of fused-ring (bicyclic) bond motifs is 1. The maximum Gasteiger partial charge on any atom is 0.238 e. The molecule has 0 saturated carbocycles. The van der Waals surface area contributed by atoms with Gasteiger partial charge in [0.1, 0.15) is 18.5 Å². The van der Waals surface area contributed by atoms with Crippen LogP contribution in [0.4, 0.5) is 10.1 Å². The Kier molecular flexibility index (Phi) is 5.17. The number of halogens is 2. The number of rotatable bonds is 5. The zero-order valence-corrected chi connectivity index (χ0v) is 18.8. The summed E-state index contributed by atoms with van der Waals surface area (Å²) in [6.45, 7) is 2.18. The fourth-order valence-electron chi connectivity index (χ4n) is 4.35. The monoisotopic (exact) mass is 462 g/mol. The molecule has 2 aromatic carbocycles. The van der Waals surface area contributed by atoms with Crippen LogP contribution in [0.1, 0.15) is 23.9 Å². The molecule has 2 aromatic heterocycles. The van der Waals surface area contributed by atoms with E-state index in [0.717, 1.165) is 27.9 Å². The summed E-state index contributed by atoms with van der Waals surface area (Å²) in [6, 6.07) is 10.4. The third-order valence-corrected chi connectivity index (χ3v) is 6.26. The van der Waals surface area contributed by atoms with Crippen LogP contribution in [0.25, 0.3) is 11.1 Å². The number of hydrogen-bond donors (Lipinski definition) is 0. The number of aryl methyl sites for hydroxylation is 1. The minimum atomic E-state index is -0.853. The van der Waals surface area contributed by atoms with E-state index in [0.29, 0.717) is 12.2 Å². The quantitative estimate of drug-likeness (QED) is 0.446. The largest absolute Gasteiger partial charge is 0.304 e. The normalized spacial score (nSPS) is 17.5. The Morgan fingerprint density at radius 1 is 1.09 bits per heavy atom. The van der Waals surface area contributed by atoms with Gasteiger partial charge in [-0.25, -0.2) is 19.3 Å². The molecule has 4 aromatic rings. The van der Waals surface area contributed by atoms with Crippen LogP contribution in [-0.2, 0) is 30.2 Å². The van der Waals surface area contributed by atoms with Gasteiger partial charge in [-0.3, -0.25) is 9.48 Å². The molecule has 0 fully saturated rings. The molecule has 3 heterocycles. The number of hydrogen-bond acceptors (Lipinski definition) is 5. The first-order valence-electron chi connectivity index (χ1n) is 10.4. The Morgan fingerprint density at radius 2 is 1.82 bits per heavy atom. The smallest absolute Gasteiger partial charge is 0.238 e. The zero-order valence-electron chi connectivity index (χ0n) is 18.0. The second-order valence-electron chi connectivity index (χ2n) is 8.34. The van der Waals surface area contributed by atoms with Crippen molar-refractivity contribution in [3.05, 3.63) is 89.2 Å². The summed E-state index contributed by atoms with van der Waals surface area (Å²) in [5.41, 5.74) is 3.28. The molecule has 166 valence electrons. The molecule has 5 rings (SSSR count). The zero-order chi connectivity index (χ0) is 23.2. The molecule has 0 saturated heterocycles. The van der Waals surface area contributed by atoms with Gasteiger partial charge in [0.15, 0.2) is 5.82 Å². The molecule has 1 atom stereocenters. The molecule has 33 heavy (non-hydrogen) atoms. The van der Waals surface area contributed by atoms with Crippen LogP contribution >= 0.6 is 11.6 Å². The van der Waals surface area contributed by atoms with Crippen LogP contribution in [0.15, 0.2) is 61.4 Å². The van der Waals surface area contributed by atoms with Gasteiger partial charge in [0.25, 0.3) is 0 Å². The highest BCUT2D eigenvalue weighted by Crippen LogP contribution is 2.46. The summed E-state index contributed by atoms with van der Waals surface area (Å²) in [4.78, 5) is 28.0. The Hall–Kier alpha value is -3.65. The van der Waals surface area contributed by atoms with Gasteiger partial charge in [-0.05, 0) is 59.9 Å². The molecule has 0 spiro atoms. The summed E-state index contributed by atoms with van der Waals surface area (Å²) in [7, 11) is 1.79. The van der Waals surface area contributed by atoms with Crippen LogP contribution in [0.2, 0.25) is 5.02 Å². The average molecular weight is 463 g/mol. The predicted octanol–water partition coefficient (Wildman–Crippen LogP) is 4.11. The molecule has 1 amide bonds. The van der Waals surface area contributed by atoms with Gasteiger partial charge in [-0.1, -0.05) is 23.7 Å². The predicted molar refractivity (Wildman–Crippen MR) is 122 cm³/mol. The fraction of sp³-hybridized carbons (Fsp3) is 0.208. The van der Waals surface area contributed by atoms with E-state index in [2.05, 4.69) is 20.1 Å². The highest BCUT2D eigenvalue weighted by Gasteiger charge is 2.47. The van der Waals surface area contributed by atoms with E-state index in [1.165, 1.54) is 12.4 Å². The Bertz CT molecular complexity index is 1360. The average Bonchev–Trinajstić information content (AvgIpc) is 3.31. The molecule has 1 aliphatic rings. The summed E-state index contributed by atoms with van der Waals surface area (Å²) >= 11 is 6.02. The molecule has 7 nitrogen and oxygen atoms in total. The lowest BCUT2D eigenvalue weighted by molar-refractivity contribution is -0.122. The van der Waals surface area contributed by atoms with E-state index in [1.807, 2.05) is 25.1 Å². The van der Waals surface area contributed by atoms with Gasteiger partial charge in [-0.2, -0.15) is 5.10 Å². The highest BCUT2D eigenvalue weighted by molar-refractivity contribution is 6.31.